The summed E-state index contributed by atoms with van der Waals surface area (Å²) in [6.07, 6.45) is 1.61. The lowest BCUT2D eigenvalue weighted by Crippen LogP contribution is -2.18. The third-order valence-electron chi connectivity index (χ3n) is 2.98. The van der Waals surface area contributed by atoms with Gasteiger partial charge in [0.05, 0.1) is 16.8 Å². The van der Waals surface area contributed by atoms with E-state index in [9.17, 15) is 4.79 Å². The second kappa shape index (κ2) is 6.74. The van der Waals surface area contributed by atoms with Crippen molar-refractivity contribution in [3.05, 3.63) is 68.7 Å². The fourth-order valence-electron chi connectivity index (χ4n) is 1.79. The summed E-state index contributed by atoms with van der Waals surface area (Å²) in [6.45, 7) is 3.98. The summed E-state index contributed by atoms with van der Waals surface area (Å²) < 4.78 is 0. The summed E-state index contributed by atoms with van der Waals surface area (Å²) in [5, 5.41) is 4.74. The molecule has 0 fully saturated rings. The summed E-state index contributed by atoms with van der Waals surface area (Å²) >= 11 is 11.8. The maximum Gasteiger partial charge on any atom is 0.272 e. The highest BCUT2D eigenvalue weighted by atomic mass is 35.5. The number of carbonyl (C=O) groups excluding carboxylic acids is 1. The average Bonchev–Trinajstić information content (AvgIpc) is 2.45. The monoisotopic (exact) mass is 320 g/mol. The molecule has 0 heterocycles. The first kappa shape index (κ1) is 15.5. The van der Waals surface area contributed by atoms with Gasteiger partial charge in [-0.15, -0.1) is 0 Å². The largest absolute Gasteiger partial charge is 0.272 e. The summed E-state index contributed by atoms with van der Waals surface area (Å²) in [7, 11) is 0. The predicted octanol–water partition coefficient (Wildman–Crippen LogP) is 4.37. The standard InChI is InChI=1S/C16H14Cl2N2O/c1-10-3-4-11(2)12(7-10)9-19-20-16(21)14-8-13(17)5-6-15(14)18/h3-9H,1-2H3,(H,20,21)/b19-9-. The quantitative estimate of drug-likeness (QED) is 0.662. The number of nitrogens with zero attached hydrogens (tertiary/aromatic N) is 1. The zero-order valence-electron chi connectivity index (χ0n) is 11.7. The predicted molar refractivity (Wildman–Crippen MR) is 87.4 cm³/mol. The van der Waals surface area contributed by atoms with Crippen molar-refractivity contribution in [2.45, 2.75) is 13.8 Å². The van der Waals surface area contributed by atoms with E-state index in [1.807, 2.05) is 32.0 Å². The maximum absolute atomic E-state index is 12.0. The molecule has 0 saturated heterocycles. The van der Waals surface area contributed by atoms with Crippen LogP contribution >= 0.6 is 23.2 Å². The van der Waals surface area contributed by atoms with Crippen molar-refractivity contribution < 1.29 is 4.79 Å². The zero-order valence-corrected chi connectivity index (χ0v) is 13.2. The van der Waals surface area contributed by atoms with Crippen molar-refractivity contribution in [1.29, 1.82) is 0 Å². The number of benzene rings is 2. The van der Waals surface area contributed by atoms with Crippen LogP contribution in [0.3, 0.4) is 0 Å². The van der Waals surface area contributed by atoms with Gasteiger partial charge in [0.2, 0.25) is 0 Å². The highest BCUT2D eigenvalue weighted by Gasteiger charge is 2.09. The highest BCUT2D eigenvalue weighted by Crippen LogP contribution is 2.20. The van der Waals surface area contributed by atoms with Crippen LogP contribution in [0, 0.1) is 13.8 Å². The first-order chi connectivity index (χ1) is 9.97. The highest BCUT2D eigenvalue weighted by molar-refractivity contribution is 6.35. The molecule has 1 N–H and O–H groups in total. The molecule has 3 nitrogen and oxygen atoms in total. The van der Waals surface area contributed by atoms with E-state index in [0.29, 0.717) is 15.6 Å². The molecule has 0 bridgehead atoms. The fourth-order valence-corrected chi connectivity index (χ4v) is 2.17. The van der Waals surface area contributed by atoms with E-state index >= 15 is 0 Å². The Kier molecular flexibility index (Phi) is 4.99. The van der Waals surface area contributed by atoms with E-state index in [0.717, 1.165) is 16.7 Å². The SMILES string of the molecule is Cc1ccc(C)c(/C=N\NC(=O)c2cc(Cl)ccc2Cl)c1. The molecule has 108 valence electrons. The molecule has 2 aromatic rings. The van der Waals surface area contributed by atoms with E-state index in [1.54, 1.807) is 18.3 Å². The van der Waals surface area contributed by atoms with Crippen LogP contribution < -0.4 is 5.43 Å². The van der Waals surface area contributed by atoms with Gasteiger partial charge in [0.1, 0.15) is 0 Å². The molecular weight excluding hydrogens is 307 g/mol. The number of carbonyl (C=O) groups is 1. The van der Waals surface area contributed by atoms with Crippen LogP contribution in [0.1, 0.15) is 27.0 Å². The topological polar surface area (TPSA) is 41.5 Å². The summed E-state index contributed by atoms with van der Waals surface area (Å²) in [6, 6.07) is 10.7. The van der Waals surface area contributed by atoms with Gasteiger partial charge in [-0.05, 0) is 43.2 Å². The van der Waals surface area contributed by atoms with E-state index < -0.39 is 5.91 Å². The molecule has 0 radical (unpaired) electrons. The Morgan fingerprint density at radius 1 is 1.14 bits per heavy atom. The van der Waals surface area contributed by atoms with Crippen molar-refractivity contribution in [3.8, 4) is 0 Å². The Morgan fingerprint density at radius 3 is 2.67 bits per heavy atom. The average molecular weight is 321 g/mol. The molecule has 5 heteroatoms. The molecular formula is C16H14Cl2N2O. The lowest BCUT2D eigenvalue weighted by Gasteiger charge is -2.04. The molecule has 0 aliphatic rings. The first-order valence-electron chi connectivity index (χ1n) is 6.33. The van der Waals surface area contributed by atoms with Crippen molar-refractivity contribution in [1.82, 2.24) is 5.43 Å². The number of aryl methyl sites for hydroxylation is 2. The fraction of sp³-hybridized carbons (Fsp3) is 0.125. The van der Waals surface area contributed by atoms with E-state index in [2.05, 4.69) is 10.5 Å². The number of hydrogen-bond acceptors (Lipinski definition) is 2. The van der Waals surface area contributed by atoms with Crippen LogP contribution in [0.2, 0.25) is 10.0 Å². The molecule has 2 rings (SSSR count). The summed E-state index contributed by atoms with van der Waals surface area (Å²) in [5.74, 6) is -0.399. The van der Waals surface area contributed by atoms with Crippen LogP contribution in [0.15, 0.2) is 41.5 Å². The molecule has 21 heavy (non-hydrogen) atoms. The Morgan fingerprint density at radius 2 is 1.90 bits per heavy atom. The zero-order chi connectivity index (χ0) is 15.4. The van der Waals surface area contributed by atoms with Crippen molar-refractivity contribution in [3.63, 3.8) is 0 Å². The Balaban J connectivity index is 2.12. The van der Waals surface area contributed by atoms with Crippen LogP contribution in [-0.4, -0.2) is 12.1 Å². The van der Waals surface area contributed by atoms with Gasteiger partial charge in [-0.1, -0.05) is 47.0 Å². The third kappa shape index (κ3) is 4.06. The number of halogens is 2. The van der Waals surface area contributed by atoms with Gasteiger partial charge >= 0.3 is 0 Å². The molecule has 0 aromatic heterocycles. The minimum absolute atomic E-state index is 0.294. The van der Waals surface area contributed by atoms with Gasteiger partial charge < -0.3 is 0 Å². The second-order valence-electron chi connectivity index (χ2n) is 4.68. The van der Waals surface area contributed by atoms with Crippen LogP contribution in [-0.2, 0) is 0 Å². The molecule has 0 saturated carbocycles. The minimum Gasteiger partial charge on any atom is -0.267 e. The second-order valence-corrected chi connectivity index (χ2v) is 5.53. The Labute approximate surface area is 133 Å². The van der Waals surface area contributed by atoms with E-state index in [1.165, 1.54) is 6.07 Å². The van der Waals surface area contributed by atoms with E-state index in [-0.39, 0.29) is 0 Å². The van der Waals surface area contributed by atoms with E-state index in [4.69, 9.17) is 23.2 Å². The van der Waals surface area contributed by atoms with Gasteiger partial charge in [0.15, 0.2) is 0 Å². The number of hydrazone groups is 1. The first-order valence-corrected chi connectivity index (χ1v) is 7.08. The molecule has 2 aromatic carbocycles. The molecule has 0 atom stereocenters. The van der Waals surface area contributed by atoms with Crippen molar-refractivity contribution in [2.75, 3.05) is 0 Å². The minimum atomic E-state index is -0.399. The molecule has 0 aliphatic heterocycles. The third-order valence-corrected chi connectivity index (χ3v) is 3.54. The van der Waals surface area contributed by atoms with Crippen LogP contribution in [0.5, 0.6) is 0 Å². The van der Waals surface area contributed by atoms with Gasteiger partial charge in [-0.3, -0.25) is 4.79 Å². The molecule has 0 unspecified atom stereocenters. The van der Waals surface area contributed by atoms with Gasteiger partial charge in [0, 0.05) is 5.02 Å². The Hall–Kier alpha value is -1.84. The number of rotatable bonds is 3. The molecule has 0 spiro atoms. The van der Waals surface area contributed by atoms with Crippen molar-refractivity contribution >= 4 is 35.3 Å². The van der Waals surface area contributed by atoms with Crippen molar-refractivity contribution in [2.24, 2.45) is 5.10 Å². The smallest absolute Gasteiger partial charge is 0.267 e. The normalized spacial score (nSPS) is 10.9. The summed E-state index contributed by atoms with van der Waals surface area (Å²) in [5.41, 5.74) is 5.91. The molecule has 1 amide bonds. The van der Waals surface area contributed by atoms with Gasteiger partial charge in [0.25, 0.3) is 5.91 Å². The molecule has 0 aliphatic carbocycles. The lowest BCUT2D eigenvalue weighted by molar-refractivity contribution is 0.0955. The van der Waals surface area contributed by atoms with Gasteiger partial charge in [-0.25, -0.2) is 5.43 Å². The Bertz CT molecular complexity index is 711. The maximum atomic E-state index is 12.0. The van der Waals surface area contributed by atoms with Gasteiger partial charge in [-0.2, -0.15) is 5.10 Å². The van der Waals surface area contributed by atoms with Crippen LogP contribution in [0.25, 0.3) is 0 Å². The summed E-state index contributed by atoms with van der Waals surface area (Å²) in [4.78, 5) is 12.0. The van der Waals surface area contributed by atoms with Crippen LogP contribution in [0.4, 0.5) is 0 Å². The number of hydrogen-bond donors (Lipinski definition) is 1. The number of amides is 1. The lowest BCUT2D eigenvalue weighted by atomic mass is 10.1. The number of nitrogens with one attached hydrogen (secondary N) is 1.